The van der Waals surface area contributed by atoms with E-state index in [2.05, 4.69) is 17.2 Å². The molecule has 2 aliphatic rings. The van der Waals surface area contributed by atoms with Gasteiger partial charge < -0.3 is 4.74 Å². The van der Waals surface area contributed by atoms with Gasteiger partial charge in [0.1, 0.15) is 0 Å². The molecule has 1 heterocycles. The van der Waals surface area contributed by atoms with Crippen molar-refractivity contribution in [1.82, 2.24) is 10.3 Å². The number of rotatable bonds is 7. The zero-order chi connectivity index (χ0) is 13.7. The number of hydrazine groups is 1. The Morgan fingerprint density at radius 1 is 1.21 bits per heavy atom. The summed E-state index contributed by atoms with van der Waals surface area (Å²) in [5.74, 6) is 6.52. The van der Waals surface area contributed by atoms with Gasteiger partial charge in [0, 0.05) is 25.3 Å². The summed E-state index contributed by atoms with van der Waals surface area (Å²) in [5, 5.41) is 0. The molecule has 1 saturated carbocycles. The van der Waals surface area contributed by atoms with Gasteiger partial charge in [-0.05, 0) is 51.1 Å². The predicted octanol–water partition coefficient (Wildman–Crippen LogP) is 1.90. The molecule has 0 aromatic carbocycles. The number of ether oxygens (including phenoxy) is 1. The Labute approximate surface area is 118 Å². The lowest BCUT2D eigenvalue weighted by molar-refractivity contribution is 0.0451. The highest BCUT2D eigenvalue weighted by Gasteiger charge is 2.47. The highest BCUT2D eigenvalue weighted by atomic mass is 16.5. The second-order valence-electron chi connectivity index (χ2n) is 6.41. The molecule has 1 aliphatic heterocycles. The number of nitrogens with two attached hydrogens (primary N) is 1. The third-order valence-electron chi connectivity index (χ3n) is 5.31. The van der Waals surface area contributed by atoms with Gasteiger partial charge in [0.05, 0.1) is 0 Å². The predicted molar refractivity (Wildman–Crippen MR) is 78.8 cm³/mol. The Morgan fingerprint density at radius 2 is 1.84 bits per heavy atom. The molecule has 0 radical (unpaired) electrons. The largest absolute Gasteiger partial charge is 0.385 e. The first-order valence-corrected chi connectivity index (χ1v) is 7.95. The second-order valence-corrected chi connectivity index (χ2v) is 6.41. The normalized spacial score (nSPS) is 26.7. The van der Waals surface area contributed by atoms with Crippen LogP contribution in [0.25, 0.3) is 0 Å². The highest BCUT2D eigenvalue weighted by Crippen LogP contribution is 2.42. The molecule has 4 nitrogen and oxygen atoms in total. The summed E-state index contributed by atoms with van der Waals surface area (Å²) in [7, 11) is 1.78. The average molecular weight is 269 g/mol. The summed E-state index contributed by atoms with van der Waals surface area (Å²) in [4.78, 5) is 2.73. The first-order chi connectivity index (χ1) is 9.24. The van der Waals surface area contributed by atoms with Crippen LogP contribution in [0, 0.1) is 5.92 Å². The summed E-state index contributed by atoms with van der Waals surface area (Å²) in [6.07, 6.45) is 9.10. The minimum Gasteiger partial charge on any atom is -0.385 e. The van der Waals surface area contributed by atoms with E-state index in [-0.39, 0.29) is 0 Å². The molecule has 0 amide bonds. The molecular formula is C15H31N3O. The molecule has 2 rings (SSSR count). The van der Waals surface area contributed by atoms with E-state index >= 15 is 0 Å². The molecule has 0 aromatic heterocycles. The SMILES string of the molecule is COCCC(C)C(NN)C1(N2CCCC2)CCCC1. The van der Waals surface area contributed by atoms with E-state index in [9.17, 15) is 0 Å². The molecule has 2 unspecified atom stereocenters. The van der Waals surface area contributed by atoms with Crippen LogP contribution in [-0.2, 0) is 4.74 Å². The van der Waals surface area contributed by atoms with Crippen LogP contribution in [0.4, 0.5) is 0 Å². The quantitative estimate of drug-likeness (QED) is 0.547. The molecule has 1 saturated heterocycles. The van der Waals surface area contributed by atoms with Crippen molar-refractivity contribution >= 4 is 0 Å². The molecule has 0 spiro atoms. The minimum absolute atomic E-state index is 0.304. The molecule has 0 bridgehead atoms. The maximum absolute atomic E-state index is 5.96. The monoisotopic (exact) mass is 269 g/mol. The van der Waals surface area contributed by atoms with Gasteiger partial charge >= 0.3 is 0 Å². The Balaban J connectivity index is 2.10. The first-order valence-electron chi connectivity index (χ1n) is 7.95. The average Bonchev–Trinajstić information content (AvgIpc) is 3.08. The minimum atomic E-state index is 0.304. The van der Waals surface area contributed by atoms with Gasteiger partial charge in [0.15, 0.2) is 0 Å². The van der Waals surface area contributed by atoms with Crippen molar-refractivity contribution < 1.29 is 4.74 Å². The van der Waals surface area contributed by atoms with E-state index in [1.54, 1.807) is 7.11 Å². The Morgan fingerprint density at radius 3 is 2.37 bits per heavy atom. The number of likely N-dealkylation sites (tertiary alicyclic amines) is 1. The van der Waals surface area contributed by atoms with Crippen molar-refractivity contribution in [3.8, 4) is 0 Å². The van der Waals surface area contributed by atoms with Gasteiger partial charge in [-0.3, -0.25) is 16.2 Å². The molecule has 19 heavy (non-hydrogen) atoms. The van der Waals surface area contributed by atoms with Crippen molar-refractivity contribution in [2.45, 2.75) is 63.5 Å². The van der Waals surface area contributed by atoms with Gasteiger partial charge in [0.2, 0.25) is 0 Å². The smallest absolute Gasteiger partial charge is 0.0465 e. The van der Waals surface area contributed by atoms with E-state index in [0.717, 1.165) is 13.0 Å². The number of nitrogens with zero attached hydrogens (tertiary/aromatic N) is 1. The molecular weight excluding hydrogens is 238 g/mol. The van der Waals surface area contributed by atoms with Gasteiger partial charge in [-0.25, -0.2) is 0 Å². The van der Waals surface area contributed by atoms with Crippen molar-refractivity contribution in [1.29, 1.82) is 0 Å². The van der Waals surface area contributed by atoms with Crippen LogP contribution in [0.2, 0.25) is 0 Å². The van der Waals surface area contributed by atoms with E-state index in [1.807, 2.05) is 0 Å². The summed E-state index contributed by atoms with van der Waals surface area (Å²) < 4.78 is 5.25. The van der Waals surface area contributed by atoms with E-state index < -0.39 is 0 Å². The topological polar surface area (TPSA) is 50.5 Å². The Kier molecular flexibility index (Phi) is 5.63. The lowest BCUT2D eigenvalue weighted by atomic mass is 9.78. The standard InChI is InChI=1S/C15H31N3O/c1-13(7-12-19-2)14(17-16)15(8-3-4-9-15)18-10-5-6-11-18/h13-14,17H,3-12,16H2,1-2H3. The number of hydrogen-bond donors (Lipinski definition) is 2. The maximum Gasteiger partial charge on any atom is 0.0465 e. The van der Waals surface area contributed by atoms with Crippen LogP contribution in [0.3, 0.4) is 0 Å². The van der Waals surface area contributed by atoms with Crippen molar-refractivity contribution in [2.24, 2.45) is 11.8 Å². The van der Waals surface area contributed by atoms with Crippen molar-refractivity contribution in [3.63, 3.8) is 0 Å². The number of hydrogen-bond acceptors (Lipinski definition) is 4. The second kappa shape index (κ2) is 7.02. The summed E-state index contributed by atoms with van der Waals surface area (Å²) in [5.41, 5.74) is 3.48. The molecule has 0 aromatic rings. The molecule has 112 valence electrons. The first kappa shape index (κ1) is 15.2. The van der Waals surface area contributed by atoms with Crippen molar-refractivity contribution in [2.75, 3.05) is 26.8 Å². The van der Waals surface area contributed by atoms with Crippen LogP contribution in [-0.4, -0.2) is 43.3 Å². The molecule has 3 N–H and O–H groups in total. The Hall–Kier alpha value is -0.160. The summed E-state index contributed by atoms with van der Waals surface area (Å²) in [6, 6.07) is 0.392. The van der Waals surface area contributed by atoms with Crippen LogP contribution >= 0.6 is 0 Å². The van der Waals surface area contributed by atoms with Crippen LogP contribution in [0.1, 0.15) is 51.9 Å². The highest BCUT2D eigenvalue weighted by molar-refractivity contribution is 5.05. The summed E-state index contributed by atoms with van der Waals surface area (Å²) >= 11 is 0. The molecule has 4 heteroatoms. The van der Waals surface area contributed by atoms with Crippen LogP contribution < -0.4 is 11.3 Å². The third kappa shape index (κ3) is 3.13. The van der Waals surface area contributed by atoms with Gasteiger partial charge in [-0.2, -0.15) is 0 Å². The van der Waals surface area contributed by atoms with E-state index in [0.29, 0.717) is 17.5 Å². The van der Waals surface area contributed by atoms with E-state index in [4.69, 9.17) is 10.6 Å². The number of nitrogens with one attached hydrogen (secondary N) is 1. The van der Waals surface area contributed by atoms with Crippen LogP contribution in [0.15, 0.2) is 0 Å². The zero-order valence-electron chi connectivity index (χ0n) is 12.7. The fourth-order valence-corrected chi connectivity index (χ4v) is 4.29. The van der Waals surface area contributed by atoms with Crippen LogP contribution in [0.5, 0.6) is 0 Å². The third-order valence-corrected chi connectivity index (χ3v) is 5.31. The lowest BCUT2D eigenvalue weighted by Gasteiger charge is -2.47. The molecule has 2 atom stereocenters. The van der Waals surface area contributed by atoms with E-state index in [1.165, 1.54) is 51.6 Å². The fourth-order valence-electron chi connectivity index (χ4n) is 4.29. The zero-order valence-corrected chi connectivity index (χ0v) is 12.7. The maximum atomic E-state index is 5.96. The lowest BCUT2D eigenvalue weighted by Crippen LogP contribution is -2.63. The fraction of sp³-hybridized carbons (Fsp3) is 1.00. The number of methoxy groups -OCH3 is 1. The Bertz CT molecular complexity index is 260. The van der Waals surface area contributed by atoms with Gasteiger partial charge in [-0.1, -0.05) is 19.8 Å². The summed E-state index contributed by atoms with van der Waals surface area (Å²) in [6.45, 7) is 5.67. The molecule has 2 fully saturated rings. The van der Waals surface area contributed by atoms with Gasteiger partial charge in [0.25, 0.3) is 0 Å². The molecule has 1 aliphatic carbocycles. The van der Waals surface area contributed by atoms with Crippen molar-refractivity contribution in [3.05, 3.63) is 0 Å². The van der Waals surface area contributed by atoms with Gasteiger partial charge in [-0.15, -0.1) is 0 Å².